The molecule has 1 atom stereocenters. The maximum atomic E-state index is 9.97. The standard InChI is InChI=1S/C10H8BrNO2/c11-7-1-2-8-9(5-7)14-4-3-10(8,13)6-12/h1-2,5,13H,3-4H2. The summed E-state index contributed by atoms with van der Waals surface area (Å²) in [6.07, 6.45) is 0.318. The zero-order valence-electron chi connectivity index (χ0n) is 7.33. The van der Waals surface area contributed by atoms with E-state index in [1.54, 1.807) is 18.2 Å². The van der Waals surface area contributed by atoms with Gasteiger partial charge in [-0.2, -0.15) is 5.26 Å². The normalized spacial score (nSPS) is 24.6. The summed E-state index contributed by atoms with van der Waals surface area (Å²) in [5, 5.41) is 18.9. The SMILES string of the molecule is N#CC1(O)CCOc2cc(Br)ccc21. The minimum atomic E-state index is -1.39. The van der Waals surface area contributed by atoms with Crippen LogP contribution in [-0.4, -0.2) is 11.7 Å². The monoisotopic (exact) mass is 253 g/mol. The Bertz CT molecular complexity index is 413. The Hall–Kier alpha value is -1.05. The Morgan fingerprint density at radius 1 is 1.57 bits per heavy atom. The average molecular weight is 254 g/mol. The quantitative estimate of drug-likeness (QED) is 0.720. The fourth-order valence-corrected chi connectivity index (χ4v) is 1.86. The van der Waals surface area contributed by atoms with E-state index in [0.717, 1.165) is 4.47 Å². The molecule has 0 aromatic heterocycles. The van der Waals surface area contributed by atoms with Crippen LogP contribution >= 0.6 is 15.9 Å². The Morgan fingerprint density at radius 3 is 3.07 bits per heavy atom. The van der Waals surface area contributed by atoms with Gasteiger partial charge in [-0.25, -0.2) is 0 Å². The Morgan fingerprint density at radius 2 is 2.36 bits per heavy atom. The molecule has 1 heterocycles. The zero-order chi connectivity index (χ0) is 10.2. The number of hydrogen-bond acceptors (Lipinski definition) is 3. The predicted molar refractivity (Wildman–Crippen MR) is 53.8 cm³/mol. The largest absolute Gasteiger partial charge is 0.493 e. The molecule has 1 aliphatic rings. The van der Waals surface area contributed by atoms with Crippen LogP contribution in [-0.2, 0) is 5.60 Å². The second-order valence-electron chi connectivity index (χ2n) is 3.21. The third kappa shape index (κ3) is 1.39. The van der Waals surface area contributed by atoms with E-state index in [2.05, 4.69) is 15.9 Å². The van der Waals surface area contributed by atoms with Crippen LogP contribution in [0.1, 0.15) is 12.0 Å². The summed E-state index contributed by atoms with van der Waals surface area (Å²) in [5.41, 5.74) is -0.844. The highest BCUT2D eigenvalue weighted by atomic mass is 79.9. The van der Waals surface area contributed by atoms with Crippen LogP contribution in [0.5, 0.6) is 5.75 Å². The predicted octanol–water partition coefficient (Wildman–Crippen LogP) is 1.94. The molecular formula is C10H8BrNO2. The van der Waals surface area contributed by atoms with E-state index in [1.165, 1.54) is 0 Å². The van der Waals surface area contributed by atoms with Gasteiger partial charge < -0.3 is 9.84 Å². The number of fused-ring (bicyclic) bond motifs is 1. The molecule has 0 amide bonds. The number of aliphatic hydroxyl groups is 1. The van der Waals surface area contributed by atoms with Crippen LogP contribution in [0, 0.1) is 11.3 Å². The topological polar surface area (TPSA) is 53.2 Å². The molecule has 14 heavy (non-hydrogen) atoms. The molecule has 1 aromatic carbocycles. The van der Waals surface area contributed by atoms with Gasteiger partial charge in [0.05, 0.1) is 6.61 Å². The fourth-order valence-electron chi connectivity index (χ4n) is 1.52. The van der Waals surface area contributed by atoms with Crippen molar-refractivity contribution >= 4 is 15.9 Å². The van der Waals surface area contributed by atoms with Gasteiger partial charge in [-0.05, 0) is 12.1 Å². The molecule has 4 heteroatoms. The molecule has 1 N–H and O–H groups in total. The van der Waals surface area contributed by atoms with Crippen molar-refractivity contribution < 1.29 is 9.84 Å². The molecular weight excluding hydrogens is 246 g/mol. The second-order valence-corrected chi connectivity index (χ2v) is 4.13. The molecule has 0 aliphatic carbocycles. The Labute approximate surface area is 90.1 Å². The lowest BCUT2D eigenvalue weighted by molar-refractivity contribution is 0.0492. The van der Waals surface area contributed by atoms with E-state index in [4.69, 9.17) is 10.00 Å². The van der Waals surface area contributed by atoms with Gasteiger partial charge in [-0.1, -0.05) is 22.0 Å². The third-order valence-corrected chi connectivity index (χ3v) is 2.79. The summed E-state index contributed by atoms with van der Waals surface area (Å²) in [5.74, 6) is 0.578. The van der Waals surface area contributed by atoms with Gasteiger partial charge in [0.25, 0.3) is 0 Å². The van der Waals surface area contributed by atoms with Crippen LogP contribution in [0.4, 0.5) is 0 Å². The summed E-state index contributed by atoms with van der Waals surface area (Å²) in [6.45, 7) is 0.369. The van der Waals surface area contributed by atoms with Gasteiger partial charge in [-0.3, -0.25) is 0 Å². The number of halogens is 1. The Kier molecular flexibility index (Phi) is 2.22. The van der Waals surface area contributed by atoms with Gasteiger partial charge in [0.2, 0.25) is 0 Å². The summed E-state index contributed by atoms with van der Waals surface area (Å²) in [7, 11) is 0. The van der Waals surface area contributed by atoms with Crippen molar-refractivity contribution in [2.24, 2.45) is 0 Å². The number of ether oxygens (including phenoxy) is 1. The molecule has 0 radical (unpaired) electrons. The molecule has 0 bridgehead atoms. The van der Waals surface area contributed by atoms with E-state index in [0.29, 0.717) is 24.3 Å². The van der Waals surface area contributed by atoms with Crippen molar-refractivity contribution in [1.29, 1.82) is 5.26 Å². The van der Waals surface area contributed by atoms with Crippen molar-refractivity contribution in [3.8, 4) is 11.8 Å². The highest BCUT2D eigenvalue weighted by Gasteiger charge is 2.35. The molecule has 1 aliphatic heterocycles. The highest BCUT2D eigenvalue weighted by molar-refractivity contribution is 9.10. The van der Waals surface area contributed by atoms with Crippen molar-refractivity contribution in [2.45, 2.75) is 12.0 Å². The Balaban J connectivity index is 2.57. The third-order valence-electron chi connectivity index (χ3n) is 2.30. The van der Waals surface area contributed by atoms with Crippen molar-refractivity contribution in [3.63, 3.8) is 0 Å². The van der Waals surface area contributed by atoms with Gasteiger partial charge in [0.1, 0.15) is 11.8 Å². The van der Waals surface area contributed by atoms with Crippen molar-refractivity contribution in [1.82, 2.24) is 0 Å². The minimum absolute atomic E-state index is 0.318. The summed E-state index contributed by atoms with van der Waals surface area (Å²) in [6, 6.07) is 7.17. The van der Waals surface area contributed by atoms with E-state index in [-0.39, 0.29) is 0 Å². The van der Waals surface area contributed by atoms with E-state index in [9.17, 15) is 5.11 Å². The molecule has 1 unspecified atom stereocenters. The minimum Gasteiger partial charge on any atom is -0.493 e. The van der Waals surface area contributed by atoms with Gasteiger partial charge in [-0.15, -0.1) is 0 Å². The average Bonchev–Trinajstić information content (AvgIpc) is 2.18. The lowest BCUT2D eigenvalue weighted by Gasteiger charge is -2.28. The van der Waals surface area contributed by atoms with Crippen LogP contribution in [0.3, 0.4) is 0 Å². The summed E-state index contributed by atoms with van der Waals surface area (Å²) < 4.78 is 6.23. The van der Waals surface area contributed by atoms with Gasteiger partial charge in [0.15, 0.2) is 5.60 Å². The molecule has 1 aromatic rings. The highest BCUT2D eigenvalue weighted by Crippen LogP contribution is 2.37. The first-order valence-corrected chi connectivity index (χ1v) is 5.01. The lowest BCUT2D eigenvalue weighted by Crippen LogP contribution is -2.30. The van der Waals surface area contributed by atoms with Gasteiger partial charge in [0, 0.05) is 16.5 Å². The maximum absolute atomic E-state index is 9.97. The van der Waals surface area contributed by atoms with E-state index < -0.39 is 5.60 Å². The molecule has 0 fully saturated rings. The first kappa shape index (κ1) is 9.50. The fraction of sp³-hybridized carbons (Fsp3) is 0.300. The molecule has 2 rings (SSSR count). The van der Waals surface area contributed by atoms with Crippen LogP contribution in [0.25, 0.3) is 0 Å². The number of benzene rings is 1. The second kappa shape index (κ2) is 3.26. The van der Waals surface area contributed by atoms with Crippen LogP contribution in [0.2, 0.25) is 0 Å². The number of nitrogens with zero attached hydrogens (tertiary/aromatic N) is 1. The molecule has 0 saturated heterocycles. The summed E-state index contributed by atoms with van der Waals surface area (Å²) in [4.78, 5) is 0. The van der Waals surface area contributed by atoms with Crippen LogP contribution < -0.4 is 4.74 Å². The number of nitriles is 1. The van der Waals surface area contributed by atoms with E-state index in [1.807, 2.05) is 6.07 Å². The molecule has 72 valence electrons. The van der Waals surface area contributed by atoms with E-state index >= 15 is 0 Å². The zero-order valence-corrected chi connectivity index (χ0v) is 8.91. The number of hydrogen-bond donors (Lipinski definition) is 1. The first-order chi connectivity index (χ1) is 6.65. The maximum Gasteiger partial charge on any atom is 0.183 e. The molecule has 0 spiro atoms. The molecule has 3 nitrogen and oxygen atoms in total. The molecule has 0 saturated carbocycles. The van der Waals surface area contributed by atoms with Crippen molar-refractivity contribution in [3.05, 3.63) is 28.2 Å². The first-order valence-electron chi connectivity index (χ1n) is 4.22. The summed E-state index contributed by atoms with van der Waals surface area (Å²) >= 11 is 3.31. The smallest absolute Gasteiger partial charge is 0.183 e. The van der Waals surface area contributed by atoms with Crippen molar-refractivity contribution in [2.75, 3.05) is 6.61 Å². The van der Waals surface area contributed by atoms with Gasteiger partial charge >= 0.3 is 0 Å². The van der Waals surface area contributed by atoms with Crippen LogP contribution in [0.15, 0.2) is 22.7 Å². The number of rotatable bonds is 0. The lowest BCUT2D eigenvalue weighted by atomic mass is 9.90.